The molecule has 0 radical (unpaired) electrons. The van der Waals surface area contributed by atoms with Crippen LogP contribution < -0.4 is 9.47 Å². The summed E-state index contributed by atoms with van der Waals surface area (Å²) in [5, 5.41) is 9.17. The molecule has 1 N–H and O–H groups in total. The fourth-order valence-corrected chi connectivity index (χ4v) is 1.88. The van der Waals surface area contributed by atoms with Crippen LogP contribution in [0.15, 0.2) is 36.5 Å². The third kappa shape index (κ3) is 2.88. The summed E-state index contributed by atoms with van der Waals surface area (Å²) in [4.78, 5) is 15.3. The number of carboxylic acids is 1. The zero-order chi connectivity index (χ0) is 14.5. The van der Waals surface area contributed by atoms with Crippen LogP contribution in [0.1, 0.15) is 21.5 Å². The minimum absolute atomic E-state index is 0.146. The molecule has 0 aliphatic carbocycles. The number of hydrogen-bond acceptors (Lipinski definition) is 4. The molecule has 0 unspecified atom stereocenters. The lowest BCUT2D eigenvalue weighted by atomic mass is 10.1. The van der Waals surface area contributed by atoms with Gasteiger partial charge in [0.1, 0.15) is 17.9 Å². The van der Waals surface area contributed by atoms with Gasteiger partial charge in [-0.2, -0.15) is 0 Å². The van der Waals surface area contributed by atoms with E-state index in [0.29, 0.717) is 11.6 Å². The molecule has 0 saturated heterocycles. The lowest BCUT2D eigenvalue weighted by molar-refractivity contribution is 0.0691. The SMILES string of the molecule is COc1ncccc1COc1c(C)cccc1C(=O)O. The highest BCUT2D eigenvalue weighted by Gasteiger charge is 2.14. The van der Waals surface area contributed by atoms with Gasteiger partial charge in [-0.25, -0.2) is 9.78 Å². The average molecular weight is 273 g/mol. The number of pyridine rings is 1. The van der Waals surface area contributed by atoms with E-state index in [2.05, 4.69) is 4.98 Å². The van der Waals surface area contributed by atoms with Gasteiger partial charge in [0.25, 0.3) is 0 Å². The molecule has 1 heterocycles. The zero-order valence-corrected chi connectivity index (χ0v) is 11.3. The van der Waals surface area contributed by atoms with Gasteiger partial charge in [-0.05, 0) is 30.7 Å². The van der Waals surface area contributed by atoms with Gasteiger partial charge in [0.15, 0.2) is 0 Å². The van der Waals surface area contributed by atoms with Crippen molar-refractivity contribution in [3.05, 3.63) is 53.2 Å². The first-order chi connectivity index (χ1) is 9.63. The Morgan fingerprint density at radius 1 is 1.30 bits per heavy atom. The number of aryl methyl sites for hydroxylation is 1. The van der Waals surface area contributed by atoms with Gasteiger partial charge in [-0.15, -0.1) is 0 Å². The predicted octanol–water partition coefficient (Wildman–Crippen LogP) is 2.68. The van der Waals surface area contributed by atoms with E-state index in [9.17, 15) is 9.90 Å². The number of aromatic nitrogens is 1. The molecular weight excluding hydrogens is 258 g/mol. The van der Waals surface area contributed by atoms with E-state index in [0.717, 1.165) is 11.1 Å². The molecule has 104 valence electrons. The Morgan fingerprint density at radius 2 is 2.10 bits per heavy atom. The van der Waals surface area contributed by atoms with Crippen molar-refractivity contribution in [3.63, 3.8) is 0 Å². The van der Waals surface area contributed by atoms with Crippen molar-refractivity contribution in [3.8, 4) is 11.6 Å². The fourth-order valence-electron chi connectivity index (χ4n) is 1.88. The highest BCUT2D eigenvalue weighted by atomic mass is 16.5. The number of benzene rings is 1. The van der Waals surface area contributed by atoms with Gasteiger partial charge in [0, 0.05) is 6.20 Å². The van der Waals surface area contributed by atoms with E-state index in [1.54, 1.807) is 18.3 Å². The summed E-state index contributed by atoms with van der Waals surface area (Å²) in [6.07, 6.45) is 1.62. The van der Waals surface area contributed by atoms with Gasteiger partial charge in [0.05, 0.1) is 12.7 Å². The summed E-state index contributed by atoms with van der Waals surface area (Å²) >= 11 is 0. The molecule has 2 aromatic rings. The van der Waals surface area contributed by atoms with Crippen LogP contribution in [0.5, 0.6) is 11.6 Å². The topological polar surface area (TPSA) is 68.7 Å². The van der Waals surface area contributed by atoms with Crippen LogP contribution in [0.2, 0.25) is 0 Å². The maximum Gasteiger partial charge on any atom is 0.339 e. The third-order valence-corrected chi connectivity index (χ3v) is 2.86. The van der Waals surface area contributed by atoms with Crippen LogP contribution in [-0.2, 0) is 6.61 Å². The van der Waals surface area contributed by atoms with E-state index in [1.165, 1.54) is 13.2 Å². The molecule has 1 aromatic heterocycles. The lowest BCUT2D eigenvalue weighted by Gasteiger charge is -2.13. The first-order valence-electron chi connectivity index (χ1n) is 6.07. The Kier molecular flexibility index (Phi) is 4.20. The van der Waals surface area contributed by atoms with Crippen molar-refractivity contribution in [2.75, 3.05) is 7.11 Å². The van der Waals surface area contributed by atoms with E-state index < -0.39 is 5.97 Å². The first-order valence-corrected chi connectivity index (χ1v) is 6.07. The van der Waals surface area contributed by atoms with Crippen molar-refractivity contribution >= 4 is 5.97 Å². The van der Waals surface area contributed by atoms with Crippen LogP contribution >= 0.6 is 0 Å². The summed E-state index contributed by atoms with van der Waals surface area (Å²) < 4.78 is 10.8. The summed E-state index contributed by atoms with van der Waals surface area (Å²) in [6.45, 7) is 2.00. The van der Waals surface area contributed by atoms with Crippen molar-refractivity contribution < 1.29 is 19.4 Å². The molecule has 5 nitrogen and oxygen atoms in total. The molecule has 1 aromatic carbocycles. The summed E-state index contributed by atoms with van der Waals surface area (Å²) in [5.41, 5.74) is 1.68. The van der Waals surface area contributed by atoms with E-state index >= 15 is 0 Å². The molecule has 5 heteroatoms. The normalized spacial score (nSPS) is 10.1. The van der Waals surface area contributed by atoms with Gasteiger partial charge in [-0.3, -0.25) is 0 Å². The van der Waals surface area contributed by atoms with Crippen LogP contribution in [0, 0.1) is 6.92 Å². The van der Waals surface area contributed by atoms with Crippen LogP contribution in [0.25, 0.3) is 0 Å². The summed E-state index contributed by atoms with van der Waals surface area (Å²) in [7, 11) is 1.53. The Balaban J connectivity index is 2.25. The molecule has 0 aliphatic rings. The van der Waals surface area contributed by atoms with Crippen LogP contribution in [0.4, 0.5) is 0 Å². The standard InChI is InChI=1S/C15H15NO4/c1-10-5-3-7-12(15(17)18)13(10)20-9-11-6-4-8-16-14(11)19-2/h3-8H,9H2,1-2H3,(H,17,18). The number of hydrogen-bond donors (Lipinski definition) is 1. The van der Waals surface area contributed by atoms with Crippen molar-refractivity contribution in [2.24, 2.45) is 0 Å². The summed E-state index contributed by atoms with van der Waals surface area (Å²) in [5.74, 6) is -0.175. The van der Waals surface area contributed by atoms with Gasteiger partial charge in [0.2, 0.25) is 5.88 Å². The second kappa shape index (κ2) is 6.06. The molecule has 0 amide bonds. The minimum atomic E-state index is -1.01. The Hall–Kier alpha value is -2.56. The highest BCUT2D eigenvalue weighted by molar-refractivity contribution is 5.91. The van der Waals surface area contributed by atoms with Gasteiger partial charge in [-0.1, -0.05) is 12.1 Å². The highest BCUT2D eigenvalue weighted by Crippen LogP contribution is 2.25. The molecule has 0 atom stereocenters. The number of aromatic carboxylic acids is 1. The molecular formula is C15H15NO4. The van der Waals surface area contributed by atoms with Gasteiger partial charge < -0.3 is 14.6 Å². The average Bonchev–Trinajstić information content (AvgIpc) is 2.46. The van der Waals surface area contributed by atoms with E-state index in [4.69, 9.17) is 9.47 Å². The van der Waals surface area contributed by atoms with Crippen LogP contribution in [0.3, 0.4) is 0 Å². The van der Waals surface area contributed by atoms with E-state index in [1.807, 2.05) is 19.1 Å². The van der Waals surface area contributed by atoms with Crippen LogP contribution in [-0.4, -0.2) is 23.2 Å². The molecule has 0 saturated carbocycles. The quantitative estimate of drug-likeness (QED) is 0.907. The molecule has 2 rings (SSSR count). The number of nitrogens with zero attached hydrogens (tertiary/aromatic N) is 1. The predicted molar refractivity (Wildman–Crippen MR) is 73.3 cm³/mol. The molecule has 20 heavy (non-hydrogen) atoms. The van der Waals surface area contributed by atoms with Gasteiger partial charge >= 0.3 is 5.97 Å². The molecule has 0 aliphatic heterocycles. The molecule has 0 fully saturated rings. The zero-order valence-electron chi connectivity index (χ0n) is 11.3. The summed E-state index contributed by atoms with van der Waals surface area (Å²) in [6, 6.07) is 8.62. The second-order valence-corrected chi connectivity index (χ2v) is 4.22. The number of methoxy groups -OCH3 is 1. The van der Waals surface area contributed by atoms with E-state index in [-0.39, 0.29) is 12.2 Å². The molecule has 0 spiro atoms. The van der Waals surface area contributed by atoms with Crippen molar-refractivity contribution in [1.82, 2.24) is 4.98 Å². The first kappa shape index (κ1) is 13.9. The lowest BCUT2D eigenvalue weighted by Crippen LogP contribution is -2.06. The number of carbonyl (C=O) groups is 1. The fraction of sp³-hybridized carbons (Fsp3) is 0.200. The van der Waals surface area contributed by atoms with Crippen molar-refractivity contribution in [1.29, 1.82) is 0 Å². The number of rotatable bonds is 5. The number of carboxylic acid groups (broad SMARTS) is 1. The number of ether oxygens (including phenoxy) is 2. The molecule has 0 bridgehead atoms. The monoisotopic (exact) mass is 273 g/mol. The largest absolute Gasteiger partial charge is 0.488 e. The third-order valence-electron chi connectivity index (χ3n) is 2.86. The Labute approximate surface area is 116 Å². The Morgan fingerprint density at radius 3 is 2.80 bits per heavy atom. The van der Waals surface area contributed by atoms with Crippen molar-refractivity contribution in [2.45, 2.75) is 13.5 Å². The smallest absolute Gasteiger partial charge is 0.339 e. The second-order valence-electron chi connectivity index (χ2n) is 4.22. The maximum atomic E-state index is 11.2. The minimum Gasteiger partial charge on any atom is -0.488 e. The Bertz CT molecular complexity index is 625. The maximum absolute atomic E-state index is 11.2. The number of para-hydroxylation sites is 1.